The molecule has 3 aromatic rings. The number of nitrogens with one attached hydrogen (secondary N) is 1. The summed E-state index contributed by atoms with van der Waals surface area (Å²) in [5.74, 6) is -0.293. The minimum absolute atomic E-state index is 0.293. The molecule has 1 amide bonds. The molecule has 0 saturated heterocycles. The molecule has 1 aromatic heterocycles. The Morgan fingerprint density at radius 1 is 0.920 bits per heavy atom. The lowest BCUT2D eigenvalue weighted by Crippen LogP contribution is -2.20. The van der Waals surface area contributed by atoms with Gasteiger partial charge in [-0.2, -0.15) is 5.10 Å². The van der Waals surface area contributed by atoms with Crippen LogP contribution < -0.4 is 5.43 Å². The van der Waals surface area contributed by atoms with E-state index in [2.05, 4.69) is 31.4 Å². The number of carbonyl (C=O) groups is 1. The molecule has 0 bridgehead atoms. The number of amides is 1. The third-order valence-corrected chi connectivity index (χ3v) is 4.14. The number of hydrogen-bond donors (Lipinski definition) is 1. The second-order valence-electron chi connectivity index (χ2n) is 5.46. The highest BCUT2D eigenvalue weighted by Gasteiger charge is 2.09. The molecule has 0 atom stereocenters. The fourth-order valence-corrected chi connectivity index (χ4v) is 2.54. The van der Waals surface area contributed by atoms with Crippen LogP contribution in [0.2, 0.25) is 0 Å². The van der Waals surface area contributed by atoms with E-state index in [9.17, 15) is 4.79 Å². The highest BCUT2D eigenvalue weighted by molar-refractivity contribution is 9.10. The lowest BCUT2D eigenvalue weighted by atomic mass is 10.0. The summed E-state index contributed by atoms with van der Waals surface area (Å²) in [5.41, 5.74) is 6.49. The molecular weight excluding hydrogens is 378 g/mol. The lowest BCUT2D eigenvalue weighted by Gasteiger charge is -2.08. The van der Waals surface area contributed by atoms with Gasteiger partial charge >= 0.3 is 0 Å². The number of aryl methyl sites for hydroxylation is 1. The van der Waals surface area contributed by atoms with E-state index in [1.54, 1.807) is 18.3 Å². The Kier molecular flexibility index (Phi) is 5.36. The number of hydrogen-bond acceptors (Lipinski definition) is 3. The van der Waals surface area contributed by atoms with Crippen LogP contribution in [0.4, 0.5) is 0 Å². The molecule has 0 fully saturated rings. The first kappa shape index (κ1) is 17.0. The first-order chi connectivity index (χ1) is 12.1. The Hall–Kier alpha value is -2.79. The van der Waals surface area contributed by atoms with Gasteiger partial charge in [0, 0.05) is 27.5 Å². The average Bonchev–Trinajstić information content (AvgIpc) is 2.64. The Morgan fingerprint density at radius 3 is 2.20 bits per heavy atom. The molecule has 5 heteroatoms. The van der Waals surface area contributed by atoms with Gasteiger partial charge in [0.15, 0.2) is 0 Å². The van der Waals surface area contributed by atoms with Gasteiger partial charge in [0.25, 0.3) is 5.91 Å². The van der Waals surface area contributed by atoms with Gasteiger partial charge in [0.1, 0.15) is 0 Å². The zero-order valence-corrected chi connectivity index (χ0v) is 15.2. The summed E-state index contributed by atoms with van der Waals surface area (Å²) in [4.78, 5) is 16.5. The Morgan fingerprint density at radius 2 is 1.56 bits per heavy atom. The maximum Gasteiger partial charge on any atom is 0.272 e. The minimum atomic E-state index is -0.293. The predicted molar refractivity (Wildman–Crippen MR) is 103 cm³/mol. The zero-order chi connectivity index (χ0) is 17.6. The monoisotopic (exact) mass is 393 g/mol. The van der Waals surface area contributed by atoms with Crippen molar-refractivity contribution < 1.29 is 4.79 Å². The van der Waals surface area contributed by atoms with Crippen LogP contribution in [0.3, 0.4) is 0 Å². The highest BCUT2D eigenvalue weighted by Crippen LogP contribution is 2.15. The number of hydrazone groups is 1. The quantitative estimate of drug-likeness (QED) is 0.529. The number of rotatable bonds is 4. The largest absolute Gasteiger partial charge is 0.272 e. The molecule has 0 radical (unpaired) electrons. The van der Waals surface area contributed by atoms with Crippen molar-refractivity contribution in [3.05, 3.63) is 99.8 Å². The van der Waals surface area contributed by atoms with Crippen molar-refractivity contribution in [2.24, 2.45) is 5.10 Å². The van der Waals surface area contributed by atoms with Crippen molar-refractivity contribution >= 4 is 27.5 Å². The molecule has 1 heterocycles. The third kappa shape index (κ3) is 4.39. The SMILES string of the molecule is Cc1ccc(C(=O)NN=C(c2ccccc2)c2ccc(Br)cc2)cn1. The smallest absolute Gasteiger partial charge is 0.267 e. The van der Waals surface area contributed by atoms with Gasteiger partial charge in [-0.05, 0) is 31.2 Å². The number of benzene rings is 2. The molecule has 0 saturated carbocycles. The molecular formula is C20H16BrN3O. The predicted octanol–water partition coefficient (Wildman–Crippen LogP) is 4.33. The van der Waals surface area contributed by atoms with Gasteiger partial charge in [-0.25, -0.2) is 5.43 Å². The maximum absolute atomic E-state index is 12.3. The van der Waals surface area contributed by atoms with Crippen molar-refractivity contribution in [1.82, 2.24) is 10.4 Å². The van der Waals surface area contributed by atoms with E-state index >= 15 is 0 Å². The average molecular weight is 394 g/mol. The van der Waals surface area contributed by atoms with Crippen molar-refractivity contribution in [3.63, 3.8) is 0 Å². The van der Waals surface area contributed by atoms with Crippen LogP contribution in [0.25, 0.3) is 0 Å². The lowest BCUT2D eigenvalue weighted by molar-refractivity contribution is 0.0954. The van der Waals surface area contributed by atoms with E-state index in [-0.39, 0.29) is 5.91 Å². The van der Waals surface area contributed by atoms with Gasteiger partial charge in [-0.15, -0.1) is 0 Å². The van der Waals surface area contributed by atoms with Crippen LogP contribution in [0.15, 0.2) is 82.5 Å². The molecule has 0 aliphatic rings. The Labute approximate surface area is 154 Å². The van der Waals surface area contributed by atoms with Gasteiger partial charge in [-0.1, -0.05) is 58.4 Å². The molecule has 124 valence electrons. The summed E-state index contributed by atoms with van der Waals surface area (Å²) in [6.45, 7) is 1.88. The van der Waals surface area contributed by atoms with Crippen LogP contribution >= 0.6 is 15.9 Å². The van der Waals surface area contributed by atoms with Gasteiger partial charge in [0.2, 0.25) is 0 Å². The molecule has 0 spiro atoms. The minimum Gasteiger partial charge on any atom is -0.267 e. The van der Waals surface area contributed by atoms with E-state index < -0.39 is 0 Å². The summed E-state index contributed by atoms with van der Waals surface area (Å²) < 4.78 is 0.985. The number of pyridine rings is 1. The van der Waals surface area contributed by atoms with E-state index in [1.165, 1.54) is 0 Å². The van der Waals surface area contributed by atoms with Gasteiger partial charge in [0.05, 0.1) is 11.3 Å². The molecule has 0 aliphatic carbocycles. The molecule has 4 nitrogen and oxygen atoms in total. The summed E-state index contributed by atoms with van der Waals surface area (Å²) >= 11 is 3.43. The third-order valence-electron chi connectivity index (χ3n) is 3.61. The number of halogens is 1. The van der Waals surface area contributed by atoms with E-state index in [4.69, 9.17) is 0 Å². The number of carbonyl (C=O) groups excluding carboxylic acids is 1. The first-order valence-corrected chi connectivity index (χ1v) is 8.55. The fraction of sp³-hybridized carbons (Fsp3) is 0.0500. The van der Waals surface area contributed by atoms with Crippen molar-refractivity contribution in [1.29, 1.82) is 0 Å². The number of aromatic nitrogens is 1. The van der Waals surface area contributed by atoms with Crippen molar-refractivity contribution in [2.45, 2.75) is 6.92 Å². The summed E-state index contributed by atoms with van der Waals surface area (Å²) in [5, 5.41) is 4.37. The van der Waals surface area contributed by atoms with Crippen molar-refractivity contribution in [2.75, 3.05) is 0 Å². The summed E-state index contributed by atoms with van der Waals surface area (Å²) in [6, 6.07) is 21.1. The van der Waals surface area contributed by atoms with Crippen LogP contribution in [-0.4, -0.2) is 16.6 Å². The van der Waals surface area contributed by atoms with Crippen LogP contribution in [0, 0.1) is 6.92 Å². The Balaban J connectivity index is 1.91. The Bertz CT molecular complexity index is 888. The van der Waals surface area contributed by atoms with Crippen LogP contribution in [0.5, 0.6) is 0 Å². The van der Waals surface area contributed by atoms with Crippen molar-refractivity contribution in [3.8, 4) is 0 Å². The summed E-state index contributed by atoms with van der Waals surface area (Å²) in [7, 11) is 0. The molecule has 0 unspecified atom stereocenters. The fourth-order valence-electron chi connectivity index (χ4n) is 2.27. The number of nitrogens with zero attached hydrogens (tertiary/aromatic N) is 2. The molecule has 1 N–H and O–H groups in total. The maximum atomic E-state index is 12.3. The standard InChI is InChI=1S/C20H16BrN3O/c1-14-7-8-17(13-22-14)20(25)24-23-19(15-5-3-2-4-6-15)16-9-11-18(21)12-10-16/h2-13H,1H3,(H,24,25). The highest BCUT2D eigenvalue weighted by atomic mass is 79.9. The van der Waals surface area contributed by atoms with E-state index in [0.717, 1.165) is 21.3 Å². The van der Waals surface area contributed by atoms with E-state index in [0.29, 0.717) is 11.3 Å². The summed E-state index contributed by atoms with van der Waals surface area (Å²) in [6.07, 6.45) is 1.54. The van der Waals surface area contributed by atoms with Gasteiger partial charge < -0.3 is 0 Å². The van der Waals surface area contributed by atoms with E-state index in [1.807, 2.05) is 61.5 Å². The normalized spacial score (nSPS) is 11.2. The zero-order valence-electron chi connectivity index (χ0n) is 13.6. The van der Waals surface area contributed by atoms with Crippen LogP contribution in [0.1, 0.15) is 27.2 Å². The molecule has 0 aliphatic heterocycles. The topological polar surface area (TPSA) is 54.4 Å². The second-order valence-corrected chi connectivity index (χ2v) is 6.38. The van der Waals surface area contributed by atoms with Gasteiger partial charge in [-0.3, -0.25) is 9.78 Å². The molecule has 2 aromatic carbocycles. The second kappa shape index (κ2) is 7.85. The molecule has 3 rings (SSSR count). The first-order valence-electron chi connectivity index (χ1n) is 7.75. The molecule has 25 heavy (non-hydrogen) atoms. The van der Waals surface area contributed by atoms with Crippen LogP contribution in [-0.2, 0) is 0 Å².